The van der Waals surface area contributed by atoms with Crippen LogP contribution >= 0.6 is 0 Å². The van der Waals surface area contributed by atoms with Crippen LogP contribution in [0.1, 0.15) is 18.5 Å². The van der Waals surface area contributed by atoms with Crippen molar-refractivity contribution >= 4 is 0 Å². The van der Waals surface area contributed by atoms with Crippen LogP contribution in [0.4, 0.5) is 0 Å². The van der Waals surface area contributed by atoms with Crippen molar-refractivity contribution in [1.29, 1.82) is 0 Å². The molecule has 0 spiro atoms. The van der Waals surface area contributed by atoms with Crippen LogP contribution in [0, 0.1) is 0 Å². The first-order valence-corrected chi connectivity index (χ1v) is 4.76. The van der Waals surface area contributed by atoms with Gasteiger partial charge >= 0.3 is 0 Å². The zero-order valence-electron chi connectivity index (χ0n) is 8.66. The van der Waals surface area contributed by atoms with Gasteiger partial charge in [-0.2, -0.15) is 0 Å². The lowest BCUT2D eigenvalue weighted by molar-refractivity contribution is 0.196. The topological polar surface area (TPSA) is 41.5 Å². The third-order valence-corrected chi connectivity index (χ3v) is 2.16. The van der Waals surface area contributed by atoms with Gasteiger partial charge in [0.1, 0.15) is 5.75 Å². The van der Waals surface area contributed by atoms with Crippen molar-refractivity contribution in [2.45, 2.75) is 13.0 Å². The molecule has 1 aromatic carbocycles. The second kappa shape index (κ2) is 5.62. The van der Waals surface area contributed by atoms with E-state index in [2.05, 4.69) is 5.32 Å². The lowest BCUT2D eigenvalue weighted by Gasteiger charge is -2.14. The van der Waals surface area contributed by atoms with Crippen LogP contribution in [0.5, 0.6) is 5.75 Å². The van der Waals surface area contributed by atoms with Gasteiger partial charge in [-0.3, -0.25) is 0 Å². The maximum absolute atomic E-state index is 9.57. The number of para-hydroxylation sites is 1. The van der Waals surface area contributed by atoms with E-state index in [4.69, 9.17) is 4.74 Å². The molecular formula is C11H17NO2. The molecule has 0 radical (unpaired) electrons. The number of rotatable bonds is 5. The van der Waals surface area contributed by atoms with E-state index in [9.17, 15) is 5.11 Å². The van der Waals surface area contributed by atoms with E-state index in [0.29, 0.717) is 12.4 Å². The highest BCUT2D eigenvalue weighted by Crippen LogP contribution is 2.22. The SMILES string of the molecule is COCCNC(C)c1ccccc1O. The minimum atomic E-state index is 0.145. The van der Waals surface area contributed by atoms with Crippen molar-refractivity contribution in [3.05, 3.63) is 29.8 Å². The molecule has 3 heteroatoms. The number of methoxy groups -OCH3 is 1. The Kier molecular flexibility index (Phi) is 4.43. The predicted octanol–water partition coefficient (Wildman–Crippen LogP) is 1.69. The van der Waals surface area contributed by atoms with Crippen LogP contribution in [0.15, 0.2) is 24.3 Å². The van der Waals surface area contributed by atoms with E-state index in [-0.39, 0.29) is 6.04 Å². The first-order chi connectivity index (χ1) is 6.75. The normalized spacial score (nSPS) is 12.7. The van der Waals surface area contributed by atoms with Gasteiger partial charge in [0.25, 0.3) is 0 Å². The fourth-order valence-corrected chi connectivity index (χ4v) is 1.34. The van der Waals surface area contributed by atoms with Crippen LogP contribution < -0.4 is 5.32 Å². The molecule has 2 N–H and O–H groups in total. The van der Waals surface area contributed by atoms with Gasteiger partial charge in [-0.25, -0.2) is 0 Å². The third kappa shape index (κ3) is 3.01. The van der Waals surface area contributed by atoms with Gasteiger partial charge in [0.15, 0.2) is 0 Å². The lowest BCUT2D eigenvalue weighted by atomic mass is 10.1. The number of hydrogen-bond donors (Lipinski definition) is 2. The van der Waals surface area contributed by atoms with Crippen LogP contribution in [-0.4, -0.2) is 25.4 Å². The summed E-state index contributed by atoms with van der Waals surface area (Å²) in [6.07, 6.45) is 0. The Hall–Kier alpha value is -1.06. The minimum Gasteiger partial charge on any atom is -0.508 e. The molecule has 1 rings (SSSR count). The lowest BCUT2D eigenvalue weighted by Crippen LogP contribution is -2.22. The monoisotopic (exact) mass is 195 g/mol. The van der Waals surface area contributed by atoms with Gasteiger partial charge in [-0.05, 0) is 13.0 Å². The maximum Gasteiger partial charge on any atom is 0.120 e. The number of phenolic OH excluding ortho intramolecular Hbond substituents is 1. The molecule has 0 aliphatic heterocycles. The van der Waals surface area contributed by atoms with Gasteiger partial charge < -0.3 is 15.2 Å². The van der Waals surface area contributed by atoms with E-state index in [1.165, 1.54) is 0 Å². The molecule has 0 bridgehead atoms. The van der Waals surface area contributed by atoms with Gasteiger partial charge in [-0.1, -0.05) is 18.2 Å². The molecule has 0 saturated carbocycles. The smallest absolute Gasteiger partial charge is 0.120 e. The number of phenols is 1. The second-order valence-electron chi connectivity index (χ2n) is 3.23. The summed E-state index contributed by atoms with van der Waals surface area (Å²) in [4.78, 5) is 0. The molecule has 0 heterocycles. The average Bonchev–Trinajstić information content (AvgIpc) is 2.18. The first kappa shape index (κ1) is 11.0. The van der Waals surface area contributed by atoms with Crippen molar-refractivity contribution in [3.63, 3.8) is 0 Å². The van der Waals surface area contributed by atoms with Gasteiger partial charge in [-0.15, -0.1) is 0 Å². The van der Waals surface area contributed by atoms with E-state index in [1.54, 1.807) is 13.2 Å². The zero-order valence-corrected chi connectivity index (χ0v) is 8.66. The summed E-state index contributed by atoms with van der Waals surface area (Å²) in [5, 5.41) is 12.8. The van der Waals surface area contributed by atoms with Crippen LogP contribution in [0.2, 0.25) is 0 Å². The Morgan fingerprint density at radius 1 is 1.43 bits per heavy atom. The molecule has 0 aromatic heterocycles. The minimum absolute atomic E-state index is 0.145. The van der Waals surface area contributed by atoms with E-state index in [0.717, 1.165) is 12.1 Å². The predicted molar refractivity (Wildman–Crippen MR) is 56.4 cm³/mol. The molecule has 78 valence electrons. The van der Waals surface area contributed by atoms with Crippen LogP contribution in [-0.2, 0) is 4.74 Å². The van der Waals surface area contributed by atoms with E-state index >= 15 is 0 Å². The van der Waals surface area contributed by atoms with Crippen molar-refractivity contribution in [3.8, 4) is 5.75 Å². The van der Waals surface area contributed by atoms with E-state index < -0.39 is 0 Å². The number of benzene rings is 1. The maximum atomic E-state index is 9.57. The summed E-state index contributed by atoms with van der Waals surface area (Å²) in [6, 6.07) is 7.50. The molecule has 0 saturated heterocycles. The highest BCUT2D eigenvalue weighted by atomic mass is 16.5. The third-order valence-electron chi connectivity index (χ3n) is 2.16. The highest BCUT2D eigenvalue weighted by molar-refractivity contribution is 5.33. The molecule has 1 atom stereocenters. The average molecular weight is 195 g/mol. The van der Waals surface area contributed by atoms with Gasteiger partial charge in [0.05, 0.1) is 6.61 Å². The fraction of sp³-hybridized carbons (Fsp3) is 0.455. The van der Waals surface area contributed by atoms with Gasteiger partial charge in [0.2, 0.25) is 0 Å². The summed E-state index contributed by atoms with van der Waals surface area (Å²) in [6.45, 7) is 3.48. The van der Waals surface area contributed by atoms with Crippen molar-refractivity contribution in [2.24, 2.45) is 0 Å². The Morgan fingerprint density at radius 3 is 2.79 bits per heavy atom. The molecule has 0 amide bonds. The largest absolute Gasteiger partial charge is 0.508 e. The van der Waals surface area contributed by atoms with Crippen molar-refractivity contribution < 1.29 is 9.84 Å². The van der Waals surface area contributed by atoms with E-state index in [1.807, 2.05) is 25.1 Å². The molecule has 1 unspecified atom stereocenters. The number of hydrogen-bond acceptors (Lipinski definition) is 3. The molecule has 0 aliphatic rings. The zero-order chi connectivity index (χ0) is 10.4. The molecule has 14 heavy (non-hydrogen) atoms. The fourth-order valence-electron chi connectivity index (χ4n) is 1.34. The van der Waals surface area contributed by atoms with Gasteiger partial charge in [0, 0.05) is 25.3 Å². The molecular weight excluding hydrogens is 178 g/mol. The molecule has 1 aromatic rings. The Morgan fingerprint density at radius 2 is 2.14 bits per heavy atom. The Balaban J connectivity index is 2.51. The Labute approximate surface area is 84.7 Å². The second-order valence-corrected chi connectivity index (χ2v) is 3.23. The molecule has 0 fully saturated rings. The van der Waals surface area contributed by atoms with Crippen molar-refractivity contribution in [1.82, 2.24) is 5.32 Å². The van der Waals surface area contributed by atoms with Crippen molar-refractivity contribution in [2.75, 3.05) is 20.3 Å². The quantitative estimate of drug-likeness (QED) is 0.702. The highest BCUT2D eigenvalue weighted by Gasteiger charge is 2.07. The summed E-state index contributed by atoms with van der Waals surface area (Å²) < 4.78 is 4.93. The standard InChI is InChI=1S/C11H17NO2/c1-9(12-7-8-14-2)10-5-3-4-6-11(10)13/h3-6,9,12-13H,7-8H2,1-2H3. The number of ether oxygens (including phenoxy) is 1. The first-order valence-electron chi connectivity index (χ1n) is 4.76. The van der Waals surface area contributed by atoms with Crippen LogP contribution in [0.3, 0.4) is 0 Å². The summed E-state index contributed by atoms with van der Waals surface area (Å²) in [7, 11) is 1.67. The molecule has 3 nitrogen and oxygen atoms in total. The summed E-state index contributed by atoms with van der Waals surface area (Å²) >= 11 is 0. The summed E-state index contributed by atoms with van der Waals surface area (Å²) in [5.41, 5.74) is 0.920. The summed E-state index contributed by atoms with van der Waals surface area (Å²) in [5.74, 6) is 0.338. The molecule has 0 aliphatic carbocycles. The number of aromatic hydroxyl groups is 1. The Bertz CT molecular complexity index is 276. The number of nitrogens with one attached hydrogen (secondary N) is 1. The van der Waals surface area contributed by atoms with Crippen LogP contribution in [0.25, 0.3) is 0 Å².